The highest BCUT2D eigenvalue weighted by Crippen LogP contribution is 2.26. The number of carbonyl (C=O) groups excluding carboxylic acids is 1. The zero-order valence-corrected chi connectivity index (χ0v) is 10.9. The molecule has 2 aromatic carbocycles. The molecule has 0 aromatic heterocycles. The fourth-order valence-electron chi connectivity index (χ4n) is 1.84. The summed E-state index contributed by atoms with van der Waals surface area (Å²) < 4.78 is 37.5. The van der Waals surface area contributed by atoms with Crippen LogP contribution in [0.2, 0.25) is 0 Å². The summed E-state index contributed by atoms with van der Waals surface area (Å²) in [4.78, 5) is 12.3. The van der Waals surface area contributed by atoms with Crippen molar-refractivity contribution in [2.75, 3.05) is 14.2 Å². The molecule has 104 valence electrons. The number of ether oxygens (including phenoxy) is 2. The van der Waals surface area contributed by atoms with Crippen LogP contribution in [0.25, 0.3) is 0 Å². The van der Waals surface area contributed by atoms with Crippen molar-refractivity contribution in [1.82, 2.24) is 0 Å². The number of rotatable bonds is 4. The smallest absolute Gasteiger partial charge is 0.202 e. The van der Waals surface area contributed by atoms with Crippen LogP contribution >= 0.6 is 0 Å². The van der Waals surface area contributed by atoms with E-state index in [1.165, 1.54) is 38.5 Å². The van der Waals surface area contributed by atoms with E-state index in [9.17, 15) is 13.6 Å². The number of ketones is 1. The highest BCUT2D eigenvalue weighted by atomic mass is 19.1. The van der Waals surface area contributed by atoms with Crippen LogP contribution in [0.15, 0.2) is 36.4 Å². The Balaban J connectivity index is 2.52. The molecule has 0 atom stereocenters. The van der Waals surface area contributed by atoms with Gasteiger partial charge in [0.2, 0.25) is 5.78 Å². The van der Waals surface area contributed by atoms with E-state index in [2.05, 4.69) is 0 Å². The monoisotopic (exact) mass is 278 g/mol. The SMILES string of the molecule is COc1ccc(C(=O)c2c(F)cccc2OC)c(F)c1. The van der Waals surface area contributed by atoms with Crippen molar-refractivity contribution < 1.29 is 23.0 Å². The lowest BCUT2D eigenvalue weighted by Gasteiger charge is -2.09. The molecular weight excluding hydrogens is 266 g/mol. The minimum absolute atomic E-state index is 0.0604. The molecule has 0 aliphatic carbocycles. The van der Waals surface area contributed by atoms with E-state index < -0.39 is 17.4 Å². The van der Waals surface area contributed by atoms with Gasteiger partial charge in [0.05, 0.1) is 19.8 Å². The van der Waals surface area contributed by atoms with Gasteiger partial charge in [0, 0.05) is 6.07 Å². The maximum absolute atomic E-state index is 13.9. The molecule has 0 aliphatic rings. The van der Waals surface area contributed by atoms with Gasteiger partial charge in [-0.15, -0.1) is 0 Å². The molecule has 0 heterocycles. The van der Waals surface area contributed by atoms with Crippen LogP contribution in [0.5, 0.6) is 11.5 Å². The summed E-state index contributed by atoms with van der Waals surface area (Å²) in [6.07, 6.45) is 0. The van der Waals surface area contributed by atoms with Crippen LogP contribution in [0.4, 0.5) is 8.78 Å². The van der Waals surface area contributed by atoms with Gasteiger partial charge in [0.25, 0.3) is 0 Å². The lowest BCUT2D eigenvalue weighted by atomic mass is 10.0. The van der Waals surface area contributed by atoms with E-state index in [1.807, 2.05) is 0 Å². The van der Waals surface area contributed by atoms with E-state index in [1.54, 1.807) is 0 Å². The quantitative estimate of drug-likeness (QED) is 0.806. The van der Waals surface area contributed by atoms with Crippen molar-refractivity contribution in [3.05, 3.63) is 59.2 Å². The minimum atomic E-state index is -0.778. The Bertz CT molecular complexity index is 654. The first-order chi connectivity index (χ1) is 9.58. The van der Waals surface area contributed by atoms with E-state index in [0.29, 0.717) is 0 Å². The number of halogens is 2. The Hall–Kier alpha value is -2.43. The largest absolute Gasteiger partial charge is 0.497 e. The van der Waals surface area contributed by atoms with Crippen LogP contribution in [0.1, 0.15) is 15.9 Å². The van der Waals surface area contributed by atoms with Gasteiger partial charge in [0.15, 0.2) is 0 Å². The molecule has 20 heavy (non-hydrogen) atoms. The summed E-state index contributed by atoms with van der Waals surface area (Å²) in [5.41, 5.74) is -0.534. The second kappa shape index (κ2) is 5.69. The Kier molecular flexibility index (Phi) is 3.98. The van der Waals surface area contributed by atoms with E-state index >= 15 is 0 Å². The second-order valence-electron chi connectivity index (χ2n) is 3.99. The molecule has 0 N–H and O–H groups in total. The van der Waals surface area contributed by atoms with Gasteiger partial charge in [-0.1, -0.05) is 6.07 Å². The molecular formula is C15H12F2O3. The summed E-state index contributed by atoms with van der Waals surface area (Å²) in [6.45, 7) is 0. The van der Waals surface area contributed by atoms with Gasteiger partial charge >= 0.3 is 0 Å². The molecule has 0 aliphatic heterocycles. The molecule has 0 spiro atoms. The van der Waals surface area contributed by atoms with E-state index in [0.717, 1.165) is 12.1 Å². The van der Waals surface area contributed by atoms with Crippen LogP contribution < -0.4 is 9.47 Å². The second-order valence-corrected chi connectivity index (χ2v) is 3.99. The van der Waals surface area contributed by atoms with Gasteiger partial charge in [-0.05, 0) is 24.3 Å². The maximum Gasteiger partial charge on any atom is 0.202 e. The molecule has 2 rings (SSSR count). The van der Waals surface area contributed by atoms with E-state index in [-0.39, 0.29) is 22.6 Å². The first-order valence-electron chi connectivity index (χ1n) is 5.79. The first-order valence-corrected chi connectivity index (χ1v) is 5.79. The van der Waals surface area contributed by atoms with Crippen LogP contribution in [0.3, 0.4) is 0 Å². The van der Waals surface area contributed by atoms with Crippen molar-refractivity contribution in [2.45, 2.75) is 0 Å². The Morgan fingerprint density at radius 2 is 1.75 bits per heavy atom. The van der Waals surface area contributed by atoms with Crippen molar-refractivity contribution in [1.29, 1.82) is 0 Å². The van der Waals surface area contributed by atoms with Gasteiger partial charge in [0.1, 0.15) is 28.7 Å². The van der Waals surface area contributed by atoms with E-state index in [4.69, 9.17) is 9.47 Å². The fraction of sp³-hybridized carbons (Fsp3) is 0.133. The minimum Gasteiger partial charge on any atom is -0.497 e. The highest BCUT2D eigenvalue weighted by Gasteiger charge is 2.22. The van der Waals surface area contributed by atoms with Gasteiger partial charge in [-0.2, -0.15) is 0 Å². The van der Waals surface area contributed by atoms with Gasteiger partial charge in [-0.3, -0.25) is 4.79 Å². The third-order valence-corrected chi connectivity index (χ3v) is 2.84. The highest BCUT2D eigenvalue weighted by molar-refractivity contribution is 6.11. The fourth-order valence-corrected chi connectivity index (χ4v) is 1.84. The summed E-state index contributed by atoms with van der Waals surface area (Å²) in [5.74, 6) is -1.98. The van der Waals surface area contributed by atoms with Crippen molar-refractivity contribution >= 4 is 5.78 Å². The number of hydrogen-bond acceptors (Lipinski definition) is 3. The molecule has 0 saturated heterocycles. The normalized spacial score (nSPS) is 10.2. The molecule has 2 aromatic rings. The van der Waals surface area contributed by atoms with Crippen molar-refractivity contribution in [2.24, 2.45) is 0 Å². The molecule has 0 radical (unpaired) electrons. The number of carbonyl (C=O) groups is 1. The summed E-state index contributed by atoms with van der Waals surface area (Å²) in [7, 11) is 2.70. The number of methoxy groups -OCH3 is 2. The van der Waals surface area contributed by atoms with Gasteiger partial charge < -0.3 is 9.47 Å². The van der Waals surface area contributed by atoms with Crippen molar-refractivity contribution in [3.8, 4) is 11.5 Å². The Morgan fingerprint density at radius 1 is 1.00 bits per heavy atom. The van der Waals surface area contributed by atoms with Crippen LogP contribution in [-0.4, -0.2) is 20.0 Å². The Morgan fingerprint density at radius 3 is 2.35 bits per heavy atom. The third-order valence-electron chi connectivity index (χ3n) is 2.84. The predicted molar refractivity (Wildman–Crippen MR) is 69.3 cm³/mol. The van der Waals surface area contributed by atoms with Crippen LogP contribution in [0, 0.1) is 11.6 Å². The Labute approximate surface area is 114 Å². The lowest BCUT2D eigenvalue weighted by Crippen LogP contribution is -2.09. The molecule has 0 unspecified atom stereocenters. The predicted octanol–water partition coefficient (Wildman–Crippen LogP) is 3.21. The molecule has 0 saturated carbocycles. The number of benzene rings is 2. The average Bonchev–Trinajstić information content (AvgIpc) is 2.46. The first kappa shape index (κ1) is 14.0. The van der Waals surface area contributed by atoms with Crippen LogP contribution in [-0.2, 0) is 0 Å². The molecule has 0 bridgehead atoms. The topological polar surface area (TPSA) is 35.5 Å². The average molecular weight is 278 g/mol. The standard InChI is InChI=1S/C15H12F2O3/c1-19-9-6-7-10(12(17)8-9)15(18)14-11(16)4-3-5-13(14)20-2/h3-8H,1-2H3. The summed E-state index contributed by atoms with van der Waals surface area (Å²) in [6, 6.07) is 7.73. The zero-order valence-electron chi connectivity index (χ0n) is 10.9. The lowest BCUT2D eigenvalue weighted by molar-refractivity contribution is 0.102. The molecule has 3 nitrogen and oxygen atoms in total. The third kappa shape index (κ3) is 2.47. The van der Waals surface area contributed by atoms with Gasteiger partial charge in [-0.25, -0.2) is 8.78 Å². The zero-order chi connectivity index (χ0) is 14.7. The molecule has 0 amide bonds. The number of hydrogen-bond donors (Lipinski definition) is 0. The summed E-state index contributed by atoms with van der Waals surface area (Å²) in [5, 5.41) is 0. The molecule has 0 fully saturated rings. The summed E-state index contributed by atoms with van der Waals surface area (Å²) >= 11 is 0. The maximum atomic E-state index is 13.9. The molecule has 5 heteroatoms. The van der Waals surface area contributed by atoms with Crippen molar-refractivity contribution in [3.63, 3.8) is 0 Å².